The minimum atomic E-state index is -1.42. The van der Waals surface area contributed by atoms with Crippen molar-refractivity contribution in [3.63, 3.8) is 0 Å². The Kier molecular flexibility index (Phi) is 4.48. The Morgan fingerprint density at radius 2 is 2.18 bits per heavy atom. The maximum atomic E-state index is 13.3. The van der Waals surface area contributed by atoms with Gasteiger partial charge in [0.05, 0.1) is 0 Å². The van der Waals surface area contributed by atoms with Gasteiger partial charge in [-0.25, -0.2) is 4.39 Å². The van der Waals surface area contributed by atoms with Gasteiger partial charge >= 0.3 is 0 Å². The third kappa shape index (κ3) is 4.32. The Hall–Kier alpha value is -1.13. The first kappa shape index (κ1) is 13.9. The van der Waals surface area contributed by atoms with E-state index >= 15 is 0 Å². The van der Waals surface area contributed by atoms with E-state index in [0.717, 1.165) is 0 Å². The van der Waals surface area contributed by atoms with Crippen LogP contribution in [0.3, 0.4) is 0 Å². The molecular formula is C12H15ClFNO2. The molecule has 1 amide bonds. The van der Waals surface area contributed by atoms with Crippen LogP contribution in [0.5, 0.6) is 0 Å². The van der Waals surface area contributed by atoms with Gasteiger partial charge in [0.15, 0.2) is 0 Å². The normalized spacial score (nSPS) is 11.4. The average Bonchev–Trinajstić information content (AvgIpc) is 2.21. The second kappa shape index (κ2) is 5.47. The molecule has 0 aliphatic rings. The van der Waals surface area contributed by atoms with E-state index in [1.165, 1.54) is 32.0 Å². The Morgan fingerprint density at radius 3 is 2.76 bits per heavy atom. The fraction of sp³-hybridized carbons (Fsp3) is 0.417. The van der Waals surface area contributed by atoms with Gasteiger partial charge in [0, 0.05) is 11.6 Å². The predicted octanol–water partition coefficient (Wildman–Crippen LogP) is 1.91. The summed E-state index contributed by atoms with van der Waals surface area (Å²) in [6.07, 6.45) is 0.328. The Labute approximate surface area is 105 Å². The van der Waals surface area contributed by atoms with Gasteiger partial charge in [0.25, 0.3) is 5.91 Å². The molecule has 17 heavy (non-hydrogen) atoms. The maximum Gasteiger partial charge on any atom is 0.251 e. The van der Waals surface area contributed by atoms with E-state index in [2.05, 4.69) is 5.32 Å². The molecule has 0 aromatic heterocycles. The molecular weight excluding hydrogens is 245 g/mol. The van der Waals surface area contributed by atoms with Gasteiger partial charge < -0.3 is 10.4 Å². The number of aliphatic hydroxyl groups is 1. The Morgan fingerprint density at radius 1 is 1.53 bits per heavy atom. The van der Waals surface area contributed by atoms with Crippen molar-refractivity contribution in [2.75, 3.05) is 6.54 Å². The van der Waals surface area contributed by atoms with Crippen LogP contribution in [0.15, 0.2) is 18.2 Å². The fourth-order valence-electron chi connectivity index (χ4n) is 1.26. The third-order valence-corrected chi connectivity index (χ3v) is 2.48. The minimum Gasteiger partial charge on any atom is -0.381 e. The van der Waals surface area contributed by atoms with Crippen LogP contribution in [0.4, 0.5) is 4.39 Å². The van der Waals surface area contributed by atoms with Crippen LogP contribution in [0, 0.1) is 5.82 Å². The zero-order valence-corrected chi connectivity index (χ0v) is 10.5. The maximum absolute atomic E-state index is 13.3. The van der Waals surface area contributed by atoms with Crippen molar-refractivity contribution in [1.29, 1.82) is 0 Å². The van der Waals surface area contributed by atoms with Crippen molar-refractivity contribution < 1.29 is 14.3 Å². The van der Waals surface area contributed by atoms with E-state index in [-0.39, 0.29) is 12.4 Å². The number of amides is 1. The number of hydrogen-bond donors (Lipinski definition) is 2. The van der Waals surface area contributed by atoms with Crippen LogP contribution in [0.25, 0.3) is 0 Å². The third-order valence-electron chi connectivity index (χ3n) is 2.24. The van der Waals surface area contributed by atoms with Gasteiger partial charge in [-0.3, -0.25) is 4.79 Å². The molecule has 0 aliphatic heterocycles. The first-order valence-electron chi connectivity index (χ1n) is 5.25. The molecule has 0 radical (unpaired) electrons. The number of rotatable bonds is 4. The van der Waals surface area contributed by atoms with Crippen LogP contribution < -0.4 is 5.32 Å². The average molecular weight is 260 g/mol. The summed E-state index contributed by atoms with van der Waals surface area (Å²) in [6.45, 7) is 3.03. The molecule has 0 saturated carbocycles. The standard InChI is InChI=1S/C12H15ClFNO2/c1-12(2,17)11(16)15-6-5-8-7-9(13)3-4-10(8)14/h3-4,7,17H,5-6H2,1-2H3,(H,15,16). The molecule has 0 spiro atoms. The van der Waals surface area contributed by atoms with Gasteiger partial charge in [-0.1, -0.05) is 11.6 Å². The van der Waals surface area contributed by atoms with Crippen LogP contribution in [0.2, 0.25) is 5.02 Å². The van der Waals surface area contributed by atoms with Crippen LogP contribution in [-0.4, -0.2) is 23.2 Å². The topological polar surface area (TPSA) is 49.3 Å². The molecule has 3 nitrogen and oxygen atoms in total. The number of nitrogens with one attached hydrogen (secondary N) is 1. The van der Waals surface area contributed by atoms with Gasteiger partial charge in [-0.15, -0.1) is 0 Å². The smallest absolute Gasteiger partial charge is 0.251 e. The summed E-state index contributed by atoms with van der Waals surface area (Å²) in [6, 6.07) is 4.28. The lowest BCUT2D eigenvalue weighted by molar-refractivity contribution is -0.136. The highest BCUT2D eigenvalue weighted by molar-refractivity contribution is 6.30. The molecule has 2 N–H and O–H groups in total. The lowest BCUT2D eigenvalue weighted by Crippen LogP contribution is -2.42. The molecule has 1 aromatic carbocycles. The molecule has 1 rings (SSSR count). The first-order valence-corrected chi connectivity index (χ1v) is 5.63. The van der Waals surface area contributed by atoms with Crippen molar-refractivity contribution in [1.82, 2.24) is 5.32 Å². The Balaban J connectivity index is 2.52. The number of carbonyl (C=O) groups excluding carboxylic acids is 1. The van der Waals surface area contributed by atoms with Crippen molar-refractivity contribution in [2.45, 2.75) is 25.9 Å². The lowest BCUT2D eigenvalue weighted by Gasteiger charge is -2.16. The van der Waals surface area contributed by atoms with Gasteiger partial charge in [-0.05, 0) is 44.0 Å². The summed E-state index contributed by atoms with van der Waals surface area (Å²) in [7, 11) is 0. The van der Waals surface area contributed by atoms with E-state index < -0.39 is 11.5 Å². The SMILES string of the molecule is CC(C)(O)C(=O)NCCc1cc(Cl)ccc1F. The van der Waals surface area contributed by atoms with Crippen molar-refractivity contribution in [3.8, 4) is 0 Å². The van der Waals surface area contributed by atoms with E-state index in [9.17, 15) is 14.3 Å². The highest BCUT2D eigenvalue weighted by Gasteiger charge is 2.22. The molecule has 0 bridgehead atoms. The quantitative estimate of drug-likeness (QED) is 0.868. The second-order valence-electron chi connectivity index (χ2n) is 4.30. The monoisotopic (exact) mass is 259 g/mol. The Bertz CT molecular complexity index is 415. The molecule has 0 saturated heterocycles. The van der Waals surface area contributed by atoms with Gasteiger partial charge in [-0.2, -0.15) is 0 Å². The summed E-state index contributed by atoms with van der Waals surface area (Å²) >= 11 is 5.74. The molecule has 1 aromatic rings. The summed E-state index contributed by atoms with van der Waals surface area (Å²) in [5.74, 6) is -0.841. The first-order chi connectivity index (χ1) is 7.80. The summed E-state index contributed by atoms with van der Waals surface area (Å²) < 4.78 is 13.3. The van der Waals surface area contributed by atoms with E-state index in [0.29, 0.717) is 17.0 Å². The predicted molar refractivity (Wildman–Crippen MR) is 64.4 cm³/mol. The van der Waals surface area contributed by atoms with Gasteiger partial charge in [0.1, 0.15) is 11.4 Å². The van der Waals surface area contributed by atoms with Crippen LogP contribution >= 0.6 is 11.6 Å². The van der Waals surface area contributed by atoms with Gasteiger partial charge in [0.2, 0.25) is 0 Å². The van der Waals surface area contributed by atoms with E-state index in [1.807, 2.05) is 0 Å². The van der Waals surface area contributed by atoms with Crippen LogP contribution in [-0.2, 0) is 11.2 Å². The second-order valence-corrected chi connectivity index (χ2v) is 4.74. The fourth-order valence-corrected chi connectivity index (χ4v) is 1.46. The number of hydrogen-bond acceptors (Lipinski definition) is 2. The lowest BCUT2D eigenvalue weighted by atomic mass is 10.1. The largest absolute Gasteiger partial charge is 0.381 e. The molecule has 0 aliphatic carbocycles. The summed E-state index contributed by atoms with van der Waals surface area (Å²) in [4.78, 5) is 11.3. The van der Waals surface area contributed by atoms with E-state index in [1.54, 1.807) is 0 Å². The number of halogens is 2. The molecule has 94 valence electrons. The molecule has 0 atom stereocenters. The number of carbonyl (C=O) groups is 1. The molecule has 0 heterocycles. The highest BCUT2D eigenvalue weighted by Crippen LogP contribution is 2.15. The summed E-state index contributed by atoms with van der Waals surface area (Å²) in [5.41, 5.74) is -0.985. The summed E-state index contributed by atoms with van der Waals surface area (Å²) in [5, 5.41) is 12.3. The molecule has 0 fully saturated rings. The minimum absolute atomic E-state index is 0.250. The van der Waals surface area contributed by atoms with Crippen molar-refractivity contribution in [2.24, 2.45) is 0 Å². The van der Waals surface area contributed by atoms with Crippen LogP contribution in [0.1, 0.15) is 19.4 Å². The van der Waals surface area contributed by atoms with Crippen molar-refractivity contribution in [3.05, 3.63) is 34.6 Å². The highest BCUT2D eigenvalue weighted by atomic mass is 35.5. The zero-order valence-electron chi connectivity index (χ0n) is 9.76. The van der Waals surface area contributed by atoms with Crippen molar-refractivity contribution >= 4 is 17.5 Å². The van der Waals surface area contributed by atoms with E-state index in [4.69, 9.17) is 11.6 Å². The number of benzene rings is 1. The molecule has 0 unspecified atom stereocenters. The molecule has 5 heteroatoms. The zero-order chi connectivity index (χ0) is 13.1.